The van der Waals surface area contributed by atoms with Crippen molar-refractivity contribution in [2.24, 2.45) is 5.73 Å². The summed E-state index contributed by atoms with van der Waals surface area (Å²) in [5, 5.41) is 2.59. The van der Waals surface area contributed by atoms with Gasteiger partial charge in [0.2, 0.25) is 11.8 Å². The third-order valence-electron chi connectivity index (χ3n) is 3.24. The van der Waals surface area contributed by atoms with E-state index in [0.29, 0.717) is 13.0 Å². The molecule has 2 rings (SSSR count). The van der Waals surface area contributed by atoms with Gasteiger partial charge in [-0.3, -0.25) is 9.59 Å². The van der Waals surface area contributed by atoms with E-state index < -0.39 is 18.1 Å². The number of nitrogens with two attached hydrogens (primary N) is 1. The second kappa shape index (κ2) is 6.47. The van der Waals surface area contributed by atoms with Gasteiger partial charge < -0.3 is 15.8 Å². The Balaban J connectivity index is 1.98. The zero-order valence-corrected chi connectivity index (χ0v) is 11.0. The highest BCUT2D eigenvalue weighted by atomic mass is 19.1. The number of nitrogens with one attached hydrogen (secondary N) is 1. The Morgan fingerprint density at radius 2 is 2.10 bits per heavy atom. The zero-order chi connectivity index (χ0) is 14.5. The van der Waals surface area contributed by atoms with E-state index in [0.717, 1.165) is 12.0 Å². The lowest BCUT2D eigenvalue weighted by atomic mass is 10.0. The zero-order valence-electron chi connectivity index (χ0n) is 11.0. The van der Waals surface area contributed by atoms with Gasteiger partial charge in [0.05, 0.1) is 0 Å². The first kappa shape index (κ1) is 14.5. The molecule has 0 aliphatic carbocycles. The molecule has 1 aliphatic heterocycles. The fourth-order valence-corrected chi connectivity index (χ4v) is 2.13. The second-order valence-electron chi connectivity index (χ2n) is 4.80. The fraction of sp³-hybridized carbons (Fsp3) is 0.429. The van der Waals surface area contributed by atoms with Crippen molar-refractivity contribution in [2.45, 2.75) is 31.4 Å². The molecule has 1 aliphatic rings. The van der Waals surface area contributed by atoms with Crippen LogP contribution in [-0.2, 0) is 20.7 Å². The molecule has 0 radical (unpaired) electrons. The summed E-state index contributed by atoms with van der Waals surface area (Å²) in [5.41, 5.74) is 6.02. The molecule has 1 aromatic rings. The summed E-state index contributed by atoms with van der Waals surface area (Å²) in [7, 11) is 0. The first-order chi connectivity index (χ1) is 9.56. The Bertz CT molecular complexity index is 484. The van der Waals surface area contributed by atoms with Gasteiger partial charge in [0.1, 0.15) is 18.0 Å². The van der Waals surface area contributed by atoms with E-state index in [1.54, 1.807) is 12.1 Å². The Labute approximate surface area is 116 Å². The minimum absolute atomic E-state index is 0.230. The summed E-state index contributed by atoms with van der Waals surface area (Å²) >= 11 is 0. The summed E-state index contributed by atoms with van der Waals surface area (Å²) in [5.74, 6) is -1.30. The van der Waals surface area contributed by atoms with Crippen LogP contribution in [0.15, 0.2) is 24.3 Å². The molecule has 20 heavy (non-hydrogen) atoms. The number of halogens is 1. The van der Waals surface area contributed by atoms with E-state index in [4.69, 9.17) is 10.5 Å². The number of carbonyl (C=O) groups excluding carboxylic acids is 2. The van der Waals surface area contributed by atoms with Crippen molar-refractivity contribution < 1.29 is 18.7 Å². The van der Waals surface area contributed by atoms with E-state index in [1.165, 1.54) is 12.1 Å². The number of hydrogen-bond donors (Lipinski definition) is 2. The molecular formula is C14H17FN2O3. The molecule has 1 heterocycles. The Morgan fingerprint density at radius 3 is 2.65 bits per heavy atom. The monoisotopic (exact) mass is 280 g/mol. The lowest BCUT2D eigenvalue weighted by Crippen LogP contribution is -2.49. The van der Waals surface area contributed by atoms with Crippen LogP contribution in [-0.4, -0.2) is 30.6 Å². The third-order valence-corrected chi connectivity index (χ3v) is 3.24. The molecule has 0 unspecified atom stereocenters. The maximum absolute atomic E-state index is 12.8. The topological polar surface area (TPSA) is 81.4 Å². The smallest absolute Gasteiger partial charge is 0.249 e. The van der Waals surface area contributed by atoms with Crippen LogP contribution in [0.25, 0.3) is 0 Å². The molecule has 1 aromatic carbocycles. The van der Waals surface area contributed by atoms with Crippen LogP contribution in [0.1, 0.15) is 18.4 Å². The fourth-order valence-electron chi connectivity index (χ4n) is 2.13. The third kappa shape index (κ3) is 3.77. The molecule has 0 spiro atoms. The molecule has 0 bridgehead atoms. The van der Waals surface area contributed by atoms with Crippen molar-refractivity contribution in [3.05, 3.63) is 35.6 Å². The average molecular weight is 280 g/mol. The molecule has 5 nitrogen and oxygen atoms in total. The van der Waals surface area contributed by atoms with Crippen molar-refractivity contribution in [1.29, 1.82) is 0 Å². The van der Waals surface area contributed by atoms with Gasteiger partial charge in [-0.1, -0.05) is 12.1 Å². The molecule has 108 valence electrons. The van der Waals surface area contributed by atoms with Gasteiger partial charge in [-0.05, 0) is 30.5 Å². The van der Waals surface area contributed by atoms with Gasteiger partial charge in [0.15, 0.2) is 0 Å². The van der Waals surface area contributed by atoms with Crippen LogP contribution < -0.4 is 11.1 Å². The van der Waals surface area contributed by atoms with Crippen molar-refractivity contribution in [3.8, 4) is 0 Å². The highest BCUT2D eigenvalue weighted by Crippen LogP contribution is 2.13. The molecule has 2 amide bonds. The number of primary amides is 1. The molecule has 1 fully saturated rings. The number of rotatable bonds is 5. The summed E-state index contributed by atoms with van der Waals surface area (Å²) in [6.07, 6.45) is 1.20. The first-order valence-electron chi connectivity index (χ1n) is 6.52. The highest BCUT2D eigenvalue weighted by Gasteiger charge is 2.27. The van der Waals surface area contributed by atoms with Gasteiger partial charge in [-0.25, -0.2) is 4.39 Å². The van der Waals surface area contributed by atoms with E-state index >= 15 is 0 Å². The highest BCUT2D eigenvalue weighted by molar-refractivity contribution is 5.88. The number of ether oxygens (including phenoxy) is 1. The van der Waals surface area contributed by atoms with E-state index in [2.05, 4.69) is 5.32 Å². The van der Waals surface area contributed by atoms with Gasteiger partial charge in [0, 0.05) is 13.0 Å². The minimum atomic E-state index is -0.822. The summed E-state index contributed by atoms with van der Waals surface area (Å²) in [6, 6.07) is 4.90. The van der Waals surface area contributed by atoms with Crippen LogP contribution in [0.2, 0.25) is 0 Å². The van der Waals surface area contributed by atoms with Crippen molar-refractivity contribution in [2.75, 3.05) is 6.61 Å². The number of carbonyl (C=O) groups is 2. The normalized spacial score (nSPS) is 19.6. The van der Waals surface area contributed by atoms with Gasteiger partial charge in [0.25, 0.3) is 0 Å². The van der Waals surface area contributed by atoms with Gasteiger partial charge in [-0.2, -0.15) is 0 Å². The molecule has 0 aromatic heterocycles. The van der Waals surface area contributed by atoms with Crippen molar-refractivity contribution in [1.82, 2.24) is 5.32 Å². The lowest BCUT2D eigenvalue weighted by molar-refractivity contribution is -0.133. The van der Waals surface area contributed by atoms with E-state index in [-0.39, 0.29) is 18.1 Å². The van der Waals surface area contributed by atoms with Gasteiger partial charge in [-0.15, -0.1) is 0 Å². The minimum Gasteiger partial charge on any atom is -0.368 e. The van der Waals surface area contributed by atoms with Crippen LogP contribution in [0.5, 0.6) is 0 Å². The van der Waals surface area contributed by atoms with Crippen molar-refractivity contribution >= 4 is 11.8 Å². The average Bonchev–Trinajstić information content (AvgIpc) is 2.94. The van der Waals surface area contributed by atoms with Crippen LogP contribution in [0, 0.1) is 5.82 Å². The second-order valence-corrected chi connectivity index (χ2v) is 4.80. The maximum atomic E-state index is 12.8. The molecule has 1 saturated heterocycles. The molecule has 0 saturated carbocycles. The molecule has 3 N–H and O–H groups in total. The predicted molar refractivity (Wildman–Crippen MR) is 70.2 cm³/mol. The van der Waals surface area contributed by atoms with Crippen LogP contribution in [0.3, 0.4) is 0 Å². The number of amides is 2. The summed E-state index contributed by atoms with van der Waals surface area (Å²) in [6.45, 7) is 0.553. The van der Waals surface area contributed by atoms with Gasteiger partial charge >= 0.3 is 0 Å². The summed E-state index contributed by atoms with van der Waals surface area (Å²) in [4.78, 5) is 23.3. The molecule has 6 heteroatoms. The quantitative estimate of drug-likeness (QED) is 0.825. The maximum Gasteiger partial charge on any atom is 0.249 e. The largest absolute Gasteiger partial charge is 0.368 e. The molecular weight excluding hydrogens is 263 g/mol. The first-order valence-corrected chi connectivity index (χ1v) is 6.52. The van der Waals surface area contributed by atoms with Crippen molar-refractivity contribution in [3.63, 3.8) is 0 Å². The Morgan fingerprint density at radius 1 is 1.40 bits per heavy atom. The standard InChI is InChI=1S/C14H17FN2O3/c15-10-5-3-9(4-6-10)8-11(13(16)18)17-14(19)12-2-1-7-20-12/h3-6,11-12H,1-2,7-8H2,(H2,16,18)(H,17,19)/t11-,12+/m0/s1. The van der Waals surface area contributed by atoms with E-state index in [1.807, 2.05) is 0 Å². The van der Waals surface area contributed by atoms with Crippen LogP contribution >= 0.6 is 0 Å². The number of benzene rings is 1. The Hall–Kier alpha value is -1.95. The number of hydrogen-bond acceptors (Lipinski definition) is 3. The molecule has 2 atom stereocenters. The SMILES string of the molecule is NC(=O)[C@H](Cc1ccc(F)cc1)NC(=O)[C@H]1CCCO1. The predicted octanol–water partition coefficient (Wildman–Crippen LogP) is 0.517. The lowest BCUT2D eigenvalue weighted by Gasteiger charge is -2.18. The van der Waals surface area contributed by atoms with Crippen LogP contribution in [0.4, 0.5) is 4.39 Å². The Kier molecular flexibility index (Phi) is 4.68. The van der Waals surface area contributed by atoms with E-state index in [9.17, 15) is 14.0 Å². The summed E-state index contributed by atoms with van der Waals surface area (Å²) < 4.78 is 18.1.